The molecule has 2 aliphatic rings. The van der Waals surface area contributed by atoms with Crippen molar-refractivity contribution in [2.24, 2.45) is 11.3 Å². The summed E-state index contributed by atoms with van der Waals surface area (Å²) < 4.78 is 33.6. The molecule has 0 radical (unpaired) electrons. The Morgan fingerprint density at radius 3 is 2.76 bits per heavy atom. The van der Waals surface area contributed by atoms with E-state index >= 15 is 0 Å². The van der Waals surface area contributed by atoms with E-state index in [1.165, 1.54) is 4.31 Å². The zero-order chi connectivity index (χ0) is 20.5. The number of rotatable bonds is 5. The number of carbonyl (C=O) groups excluding carboxylic acids is 1. The third-order valence-electron chi connectivity index (χ3n) is 6.07. The number of nitrogens with one attached hydrogen (secondary N) is 1. The Balaban J connectivity index is 1.57. The third kappa shape index (κ3) is 4.12. The lowest BCUT2D eigenvalue weighted by Gasteiger charge is -2.37. The minimum absolute atomic E-state index is 0.0674. The molecule has 6 nitrogen and oxygen atoms in total. The van der Waals surface area contributed by atoms with Crippen LogP contribution in [0.3, 0.4) is 0 Å². The first kappa shape index (κ1) is 20.5. The molecule has 1 atom stereocenters. The van der Waals surface area contributed by atoms with Crippen molar-refractivity contribution in [3.8, 4) is 0 Å². The molecule has 8 heteroatoms. The van der Waals surface area contributed by atoms with Gasteiger partial charge in [-0.25, -0.2) is 8.42 Å². The Morgan fingerprint density at radius 1 is 1.28 bits per heavy atom. The fraction of sp³-hybridized carbons (Fsp3) is 0.476. The maximum absolute atomic E-state index is 13.3. The molecule has 2 saturated heterocycles. The molecule has 0 saturated carbocycles. The van der Waals surface area contributed by atoms with Crippen LogP contribution in [0.25, 0.3) is 0 Å². The van der Waals surface area contributed by atoms with Crippen LogP contribution in [0.2, 0.25) is 0 Å². The molecule has 1 amide bonds. The number of hydrogen-bond acceptors (Lipinski definition) is 5. The SMILES string of the molecule is Cc1cccc(S(=O)(=O)N2CC(C(=O)NCc3cccs3)C3(CCOCC3)C2)c1. The first-order valence-corrected chi connectivity index (χ1v) is 12.2. The van der Waals surface area contributed by atoms with Gasteiger partial charge in [-0.1, -0.05) is 18.2 Å². The quantitative estimate of drug-likeness (QED) is 0.785. The molecule has 2 aliphatic heterocycles. The van der Waals surface area contributed by atoms with Gasteiger partial charge in [0, 0.05) is 36.6 Å². The molecule has 3 heterocycles. The fourth-order valence-electron chi connectivity index (χ4n) is 4.39. The maximum Gasteiger partial charge on any atom is 0.243 e. The van der Waals surface area contributed by atoms with Crippen molar-refractivity contribution in [2.75, 3.05) is 26.3 Å². The summed E-state index contributed by atoms with van der Waals surface area (Å²) in [5, 5.41) is 5.01. The van der Waals surface area contributed by atoms with Gasteiger partial charge in [0.05, 0.1) is 17.4 Å². The molecule has 2 aromatic rings. The van der Waals surface area contributed by atoms with Gasteiger partial charge in [-0.05, 0) is 48.9 Å². The molecule has 1 spiro atoms. The summed E-state index contributed by atoms with van der Waals surface area (Å²) in [5.41, 5.74) is 0.533. The molecule has 156 valence electrons. The van der Waals surface area contributed by atoms with Crippen molar-refractivity contribution in [1.82, 2.24) is 9.62 Å². The number of amides is 1. The van der Waals surface area contributed by atoms with Crippen molar-refractivity contribution in [1.29, 1.82) is 0 Å². The molecule has 29 heavy (non-hydrogen) atoms. The lowest BCUT2D eigenvalue weighted by molar-refractivity contribution is -0.130. The molecular weight excluding hydrogens is 408 g/mol. The van der Waals surface area contributed by atoms with Gasteiger partial charge in [-0.15, -0.1) is 11.3 Å². The molecule has 1 aromatic heterocycles. The Bertz CT molecular complexity index is 966. The van der Waals surface area contributed by atoms with E-state index in [2.05, 4.69) is 5.32 Å². The van der Waals surface area contributed by atoms with Gasteiger partial charge < -0.3 is 10.1 Å². The van der Waals surface area contributed by atoms with Gasteiger partial charge in [-0.3, -0.25) is 4.79 Å². The van der Waals surface area contributed by atoms with Gasteiger partial charge in [-0.2, -0.15) is 4.31 Å². The topological polar surface area (TPSA) is 75.7 Å². The van der Waals surface area contributed by atoms with E-state index in [1.807, 2.05) is 30.5 Å². The van der Waals surface area contributed by atoms with E-state index in [-0.39, 0.29) is 23.8 Å². The number of nitrogens with zero attached hydrogens (tertiary/aromatic N) is 1. The predicted molar refractivity (Wildman–Crippen MR) is 112 cm³/mol. The molecule has 0 aliphatic carbocycles. The second-order valence-corrected chi connectivity index (χ2v) is 10.9. The Hall–Kier alpha value is -1.74. The normalized spacial score (nSPS) is 22.0. The van der Waals surface area contributed by atoms with Crippen LogP contribution in [0.5, 0.6) is 0 Å². The number of carbonyl (C=O) groups is 1. The summed E-state index contributed by atoms with van der Waals surface area (Å²) in [7, 11) is -3.65. The van der Waals surface area contributed by atoms with Crippen LogP contribution in [0, 0.1) is 18.3 Å². The lowest BCUT2D eigenvalue weighted by atomic mass is 9.72. The molecule has 4 rings (SSSR count). The van der Waals surface area contributed by atoms with Gasteiger partial charge in [0.1, 0.15) is 0 Å². The van der Waals surface area contributed by atoms with Gasteiger partial charge in [0.2, 0.25) is 15.9 Å². The Kier molecular flexibility index (Phi) is 5.79. The van der Waals surface area contributed by atoms with Crippen LogP contribution in [0.1, 0.15) is 23.3 Å². The van der Waals surface area contributed by atoms with Crippen molar-refractivity contribution in [3.63, 3.8) is 0 Å². The van der Waals surface area contributed by atoms with E-state index in [0.29, 0.717) is 44.0 Å². The van der Waals surface area contributed by atoms with Crippen molar-refractivity contribution < 1.29 is 17.9 Å². The monoisotopic (exact) mass is 434 g/mol. The molecule has 1 unspecified atom stereocenters. The van der Waals surface area contributed by atoms with Crippen LogP contribution in [-0.2, 0) is 26.1 Å². The average molecular weight is 435 g/mol. The summed E-state index contributed by atoms with van der Waals surface area (Å²) in [6.45, 7) is 4.06. The summed E-state index contributed by atoms with van der Waals surface area (Å²) in [5.74, 6) is -0.437. The minimum atomic E-state index is -3.65. The van der Waals surface area contributed by atoms with Crippen molar-refractivity contribution >= 4 is 27.3 Å². The van der Waals surface area contributed by atoms with E-state index in [4.69, 9.17) is 4.74 Å². The highest BCUT2D eigenvalue weighted by Gasteiger charge is 2.53. The van der Waals surface area contributed by atoms with Crippen molar-refractivity contribution in [3.05, 3.63) is 52.2 Å². The molecule has 0 bridgehead atoms. The highest BCUT2D eigenvalue weighted by molar-refractivity contribution is 7.89. The minimum Gasteiger partial charge on any atom is -0.381 e. The largest absolute Gasteiger partial charge is 0.381 e. The molecule has 2 fully saturated rings. The highest BCUT2D eigenvalue weighted by Crippen LogP contribution is 2.46. The second-order valence-electron chi connectivity index (χ2n) is 7.94. The molecular formula is C21H26N2O4S2. The number of ether oxygens (including phenoxy) is 1. The van der Waals surface area contributed by atoms with Crippen LogP contribution in [0.4, 0.5) is 0 Å². The van der Waals surface area contributed by atoms with Crippen LogP contribution in [0.15, 0.2) is 46.7 Å². The van der Waals surface area contributed by atoms with Gasteiger partial charge in [0.25, 0.3) is 0 Å². The summed E-state index contributed by atoms with van der Waals surface area (Å²) >= 11 is 1.60. The zero-order valence-electron chi connectivity index (χ0n) is 16.5. The van der Waals surface area contributed by atoms with Gasteiger partial charge in [0.15, 0.2) is 0 Å². The Morgan fingerprint density at radius 2 is 2.07 bits per heavy atom. The summed E-state index contributed by atoms with van der Waals surface area (Å²) in [4.78, 5) is 14.5. The molecule has 1 aromatic carbocycles. The fourth-order valence-corrected chi connectivity index (χ4v) is 6.69. The lowest BCUT2D eigenvalue weighted by Crippen LogP contribution is -2.44. The van der Waals surface area contributed by atoms with E-state index < -0.39 is 10.0 Å². The number of hydrogen-bond donors (Lipinski definition) is 1. The maximum atomic E-state index is 13.3. The number of thiophene rings is 1. The summed E-state index contributed by atoms with van der Waals surface area (Å²) in [6, 6.07) is 10.9. The average Bonchev–Trinajstić information content (AvgIpc) is 3.35. The number of sulfonamides is 1. The Labute approximate surface area is 175 Å². The highest BCUT2D eigenvalue weighted by atomic mass is 32.2. The van der Waals surface area contributed by atoms with E-state index in [0.717, 1.165) is 10.4 Å². The van der Waals surface area contributed by atoms with Crippen LogP contribution in [-0.4, -0.2) is 44.9 Å². The number of benzene rings is 1. The van der Waals surface area contributed by atoms with E-state index in [9.17, 15) is 13.2 Å². The number of aryl methyl sites for hydroxylation is 1. The second kappa shape index (κ2) is 8.18. The smallest absolute Gasteiger partial charge is 0.243 e. The van der Waals surface area contributed by atoms with E-state index in [1.54, 1.807) is 29.5 Å². The van der Waals surface area contributed by atoms with Crippen LogP contribution >= 0.6 is 11.3 Å². The zero-order valence-corrected chi connectivity index (χ0v) is 18.1. The molecule has 1 N–H and O–H groups in total. The predicted octanol–water partition coefficient (Wildman–Crippen LogP) is 2.79. The van der Waals surface area contributed by atoms with Gasteiger partial charge >= 0.3 is 0 Å². The third-order valence-corrected chi connectivity index (χ3v) is 8.75. The van der Waals surface area contributed by atoms with Crippen molar-refractivity contribution in [2.45, 2.75) is 31.2 Å². The summed E-state index contributed by atoms with van der Waals surface area (Å²) in [6.07, 6.45) is 1.40. The standard InChI is InChI=1S/C21H26N2O4S2/c1-16-4-2-6-18(12-16)29(25,26)23-14-19(21(15-23)7-9-27-10-8-21)20(24)22-13-17-5-3-11-28-17/h2-6,11-12,19H,7-10,13-15H2,1H3,(H,22,24). The first-order chi connectivity index (χ1) is 13.9. The van der Waals surface area contributed by atoms with Crippen LogP contribution < -0.4 is 5.32 Å². The first-order valence-electron chi connectivity index (χ1n) is 9.85.